The Morgan fingerprint density at radius 1 is 1.52 bits per heavy atom. The van der Waals surface area contributed by atoms with Crippen molar-refractivity contribution in [3.8, 4) is 6.07 Å². The number of nitrogens with two attached hydrogens (primary N) is 1. The molecule has 112 valence electrons. The molecule has 0 saturated carbocycles. The lowest BCUT2D eigenvalue weighted by atomic mass is 9.87. The van der Waals surface area contributed by atoms with Crippen molar-refractivity contribution in [1.82, 2.24) is 4.90 Å². The lowest BCUT2D eigenvalue weighted by molar-refractivity contribution is -0.117. The van der Waals surface area contributed by atoms with Crippen LogP contribution in [0, 0.1) is 23.2 Å². The van der Waals surface area contributed by atoms with E-state index in [2.05, 4.69) is 23.2 Å². The summed E-state index contributed by atoms with van der Waals surface area (Å²) in [5.74, 6) is 0.995. The van der Waals surface area contributed by atoms with Gasteiger partial charge in [-0.3, -0.25) is 9.69 Å². The Morgan fingerprint density at radius 2 is 2.29 bits per heavy atom. The summed E-state index contributed by atoms with van der Waals surface area (Å²) in [4.78, 5) is 14.3. The van der Waals surface area contributed by atoms with Crippen molar-refractivity contribution < 1.29 is 4.79 Å². The predicted molar refractivity (Wildman–Crippen MR) is 82.6 cm³/mol. The standard InChI is InChI=1S/C16H22N4O/c1-12-6-7-20(10-14(12)9-18)11-16(21)19-15-5-3-2-4-13(15)8-17/h2-5,12,14H,6-7,9-11,18H2,1H3,(H,19,21). The van der Waals surface area contributed by atoms with Crippen molar-refractivity contribution in [2.45, 2.75) is 13.3 Å². The fraction of sp³-hybridized carbons (Fsp3) is 0.500. The molecular weight excluding hydrogens is 264 g/mol. The molecule has 0 radical (unpaired) electrons. The van der Waals surface area contributed by atoms with E-state index in [1.807, 2.05) is 6.07 Å². The number of nitrogens with one attached hydrogen (secondary N) is 1. The Morgan fingerprint density at radius 3 is 3.00 bits per heavy atom. The fourth-order valence-corrected chi connectivity index (χ4v) is 2.76. The van der Waals surface area contributed by atoms with Gasteiger partial charge in [0.25, 0.3) is 0 Å². The maximum atomic E-state index is 12.1. The molecule has 1 saturated heterocycles. The molecule has 1 aliphatic heterocycles. The number of hydrogen-bond donors (Lipinski definition) is 2. The second kappa shape index (κ2) is 7.21. The van der Waals surface area contributed by atoms with Gasteiger partial charge in [0.15, 0.2) is 0 Å². The first kappa shape index (κ1) is 15.5. The summed E-state index contributed by atoms with van der Waals surface area (Å²) in [5, 5.41) is 11.8. The maximum absolute atomic E-state index is 12.1. The van der Waals surface area contributed by atoms with Crippen LogP contribution in [0.4, 0.5) is 5.69 Å². The minimum absolute atomic E-state index is 0.0805. The fourth-order valence-electron chi connectivity index (χ4n) is 2.76. The van der Waals surface area contributed by atoms with Gasteiger partial charge < -0.3 is 11.1 Å². The van der Waals surface area contributed by atoms with E-state index in [0.717, 1.165) is 19.5 Å². The quantitative estimate of drug-likeness (QED) is 0.877. The van der Waals surface area contributed by atoms with E-state index in [1.54, 1.807) is 18.2 Å². The van der Waals surface area contributed by atoms with Crippen molar-refractivity contribution >= 4 is 11.6 Å². The minimum atomic E-state index is -0.0805. The van der Waals surface area contributed by atoms with Crippen LogP contribution in [0.1, 0.15) is 18.9 Å². The molecule has 0 bridgehead atoms. The van der Waals surface area contributed by atoms with Crippen molar-refractivity contribution in [2.24, 2.45) is 17.6 Å². The lowest BCUT2D eigenvalue weighted by Crippen LogP contribution is -2.45. The Balaban J connectivity index is 1.92. The van der Waals surface area contributed by atoms with Crippen molar-refractivity contribution in [3.05, 3.63) is 29.8 Å². The first-order chi connectivity index (χ1) is 10.1. The Hall–Kier alpha value is -1.90. The second-order valence-corrected chi connectivity index (χ2v) is 5.70. The second-order valence-electron chi connectivity index (χ2n) is 5.70. The van der Waals surface area contributed by atoms with Gasteiger partial charge in [0.2, 0.25) is 5.91 Å². The number of benzene rings is 1. The zero-order chi connectivity index (χ0) is 15.2. The molecule has 0 aromatic heterocycles. The molecule has 1 amide bonds. The molecule has 0 spiro atoms. The van der Waals surface area contributed by atoms with Crippen LogP contribution in [0.3, 0.4) is 0 Å². The van der Waals surface area contributed by atoms with Crippen LogP contribution in [0.2, 0.25) is 0 Å². The molecule has 2 unspecified atom stereocenters. The lowest BCUT2D eigenvalue weighted by Gasteiger charge is -2.36. The molecule has 2 atom stereocenters. The average Bonchev–Trinajstić information content (AvgIpc) is 2.49. The summed E-state index contributed by atoms with van der Waals surface area (Å²) in [7, 11) is 0. The summed E-state index contributed by atoms with van der Waals surface area (Å²) >= 11 is 0. The molecule has 21 heavy (non-hydrogen) atoms. The smallest absolute Gasteiger partial charge is 0.238 e. The van der Waals surface area contributed by atoms with E-state index in [0.29, 0.717) is 36.2 Å². The normalized spacial score (nSPS) is 22.5. The van der Waals surface area contributed by atoms with Crippen LogP contribution in [0.25, 0.3) is 0 Å². The van der Waals surface area contributed by atoms with Gasteiger partial charge in [-0.25, -0.2) is 0 Å². The zero-order valence-electron chi connectivity index (χ0n) is 12.4. The number of piperidine rings is 1. The van der Waals surface area contributed by atoms with Gasteiger partial charge in [-0.1, -0.05) is 19.1 Å². The van der Waals surface area contributed by atoms with E-state index in [-0.39, 0.29) is 5.91 Å². The van der Waals surface area contributed by atoms with Gasteiger partial charge >= 0.3 is 0 Å². The zero-order valence-corrected chi connectivity index (χ0v) is 12.4. The van der Waals surface area contributed by atoms with Crippen LogP contribution >= 0.6 is 0 Å². The Labute approximate surface area is 125 Å². The van der Waals surface area contributed by atoms with E-state index in [9.17, 15) is 4.79 Å². The third-order valence-corrected chi connectivity index (χ3v) is 4.19. The van der Waals surface area contributed by atoms with Crippen LogP contribution in [0.5, 0.6) is 0 Å². The molecule has 1 aromatic carbocycles. The Bertz CT molecular complexity index is 537. The SMILES string of the molecule is CC1CCN(CC(=O)Nc2ccccc2C#N)CC1CN. The first-order valence-corrected chi connectivity index (χ1v) is 7.35. The predicted octanol–water partition coefficient (Wildman–Crippen LogP) is 1.41. The summed E-state index contributed by atoms with van der Waals surface area (Å²) < 4.78 is 0. The summed E-state index contributed by atoms with van der Waals surface area (Å²) in [6.45, 7) is 5.02. The number of rotatable bonds is 4. The van der Waals surface area contributed by atoms with E-state index >= 15 is 0 Å². The molecule has 1 aliphatic rings. The van der Waals surface area contributed by atoms with Gasteiger partial charge in [-0.05, 0) is 43.5 Å². The highest BCUT2D eigenvalue weighted by atomic mass is 16.2. The highest BCUT2D eigenvalue weighted by Crippen LogP contribution is 2.22. The average molecular weight is 286 g/mol. The molecule has 5 nitrogen and oxygen atoms in total. The van der Waals surface area contributed by atoms with Crippen molar-refractivity contribution in [1.29, 1.82) is 5.26 Å². The van der Waals surface area contributed by atoms with Crippen molar-refractivity contribution in [2.75, 3.05) is 31.5 Å². The Kier molecular flexibility index (Phi) is 5.32. The summed E-state index contributed by atoms with van der Waals surface area (Å²) in [6, 6.07) is 9.12. The van der Waals surface area contributed by atoms with Crippen LogP contribution < -0.4 is 11.1 Å². The maximum Gasteiger partial charge on any atom is 0.238 e. The first-order valence-electron chi connectivity index (χ1n) is 7.35. The number of hydrogen-bond acceptors (Lipinski definition) is 4. The highest BCUT2D eigenvalue weighted by Gasteiger charge is 2.26. The molecular formula is C16H22N4O. The molecule has 5 heteroatoms. The molecule has 2 rings (SSSR count). The van der Waals surface area contributed by atoms with E-state index < -0.39 is 0 Å². The number of amides is 1. The number of nitrogens with zero attached hydrogens (tertiary/aromatic N) is 2. The van der Waals surface area contributed by atoms with Crippen LogP contribution in [0.15, 0.2) is 24.3 Å². The largest absolute Gasteiger partial charge is 0.330 e. The molecule has 0 aliphatic carbocycles. The summed E-state index contributed by atoms with van der Waals surface area (Å²) in [5.41, 5.74) is 6.84. The summed E-state index contributed by atoms with van der Waals surface area (Å²) in [6.07, 6.45) is 1.07. The monoisotopic (exact) mass is 286 g/mol. The van der Waals surface area contributed by atoms with Crippen molar-refractivity contribution in [3.63, 3.8) is 0 Å². The van der Waals surface area contributed by atoms with Gasteiger partial charge in [0, 0.05) is 6.54 Å². The number of carbonyl (C=O) groups excluding carboxylic acids is 1. The van der Waals surface area contributed by atoms with Gasteiger partial charge in [0.1, 0.15) is 6.07 Å². The van der Waals surface area contributed by atoms with E-state index in [4.69, 9.17) is 11.0 Å². The number of likely N-dealkylation sites (tertiary alicyclic amines) is 1. The van der Waals surface area contributed by atoms with E-state index in [1.165, 1.54) is 0 Å². The number of anilines is 1. The molecule has 1 fully saturated rings. The third-order valence-electron chi connectivity index (χ3n) is 4.19. The number of carbonyl (C=O) groups is 1. The molecule has 3 N–H and O–H groups in total. The van der Waals surface area contributed by atoms with Crippen LogP contribution in [-0.2, 0) is 4.79 Å². The molecule has 1 aromatic rings. The van der Waals surface area contributed by atoms with Gasteiger partial charge in [0.05, 0.1) is 17.8 Å². The number of para-hydroxylation sites is 1. The highest BCUT2D eigenvalue weighted by molar-refractivity contribution is 5.93. The topological polar surface area (TPSA) is 82.2 Å². The van der Waals surface area contributed by atoms with Gasteiger partial charge in [-0.2, -0.15) is 5.26 Å². The minimum Gasteiger partial charge on any atom is -0.330 e. The van der Waals surface area contributed by atoms with Crippen LogP contribution in [-0.4, -0.2) is 37.0 Å². The third kappa shape index (κ3) is 4.03. The van der Waals surface area contributed by atoms with Gasteiger partial charge in [-0.15, -0.1) is 0 Å². The number of nitriles is 1. The molecule has 1 heterocycles.